The lowest BCUT2D eigenvalue weighted by atomic mass is 10.0. The fourth-order valence-corrected chi connectivity index (χ4v) is 5.64. The highest BCUT2D eigenvalue weighted by Gasteiger charge is 2.31. The summed E-state index contributed by atoms with van der Waals surface area (Å²) in [5.41, 5.74) is 18.9. The number of hydrogen-bond donors (Lipinski definition) is 9. The van der Waals surface area contributed by atoms with Crippen LogP contribution in [-0.2, 0) is 43.2 Å². The summed E-state index contributed by atoms with van der Waals surface area (Å²) in [6.45, 7) is -0.280. The molecule has 6 amide bonds. The summed E-state index contributed by atoms with van der Waals surface area (Å²) in [6.07, 6.45) is 3.32. The second-order valence-corrected chi connectivity index (χ2v) is 12.9. The Morgan fingerprint density at radius 3 is 1.71 bits per heavy atom. The number of rotatable bonds is 21. The number of hydrogen-bond acceptors (Lipinski definition) is 8. The van der Waals surface area contributed by atoms with Gasteiger partial charge in [0.05, 0.1) is 12.9 Å². The molecule has 0 fully saturated rings. The van der Waals surface area contributed by atoms with E-state index in [1.54, 1.807) is 84.9 Å². The number of aromatic amines is 1. The first-order valence-corrected chi connectivity index (χ1v) is 17.9. The minimum atomic E-state index is -1.24. The van der Waals surface area contributed by atoms with Crippen LogP contribution in [0.25, 0.3) is 0 Å². The topological polar surface area (TPSA) is 282 Å². The molecule has 4 aromatic rings. The van der Waals surface area contributed by atoms with Crippen molar-refractivity contribution >= 4 is 41.4 Å². The Labute approximate surface area is 323 Å². The van der Waals surface area contributed by atoms with Gasteiger partial charge in [0, 0.05) is 43.3 Å². The Bertz CT molecular complexity index is 1920. The lowest BCUT2D eigenvalue weighted by molar-refractivity contribution is -0.134. The molecule has 4 rings (SSSR count). The molecule has 294 valence electrons. The van der Waals surface area contributed by atoms with E-state index in [2.05, 4.69) is 41.5 Å². The second-order valence-electron chi connectivity index (χ2n) is 12.9. The van der Waals surface area contributed by atoms with Gasteiger partial charge in [-0.15, -0.1) is 0 Å². The number of primary amides is 1. The predicted octanol–water partition coefficient (Wildman–Crippen LogP) is -0.654. The van der Waals surface area contributed by atoms with Crippen LogP contribution in [0.1, 0.15) is 40.0 Å². The summed E-state index contributed by atoms with van der Waals surface area (Å²) in [5.74, 6) is -4.17. The van der Waals surface area contributed by atoms with Gasteiger partial charge in [-0.25, -0.2) is 4.98 Å². The molecule has 12 N–H and O–H groups in total. The first-order valence-electron chi connectivity index (χ1n) is 17.9. The summed E-state index contributed by atoms with van der Waals surface area (Å²) >= 11 is 0. The molecule has 1 aromatic heterocycles. The number of imidazole rings is 1. The van der Waals surface area contributed by atoms with Crippen LogP contribution in [-0.4, -0.2) is 88.6 Å². The average Bonchev–Trinajstić information content (AvgIpc) is 3.71. The molecule has 0 aliphatic rings. The van der Waals surface area contributed by atoms with Crippen LogP contribution in [0.2, 0.25) is 0 Å². The van der Waals surface area contributed by atoms with E-state index in [9.17, 15) is 28.8 Å². The van der Waals surface area contributed by atoms with Crippen molar-refractivity contribution in [3.05, 3.63) is 126 Å². The molecule has 56 heavy (non-hydrogen) atoms. The Morgan fingerprint density at radius 1 is 0.643 bits per heavy atom. The first kappa shape index (κ1) is 41.7. The summed E-state index contributed by atoms with van der Waals surface area (Å²) < 4.78 is 0. The summed E-state index contributed by atoms with van der Waals surface area (Å²) in [7, 11) is 0. The zero-order valence-electron chi connectivity index (χ0n) is 30.7. The predicted molar refractivity (Wildman–Crippen MR) is 208 cm³/mol. The van der Waals surface area contributed by atoms with Crippen LogP contribution in [0.3, 0.4) is 0 Å². The molecule has 1 unspecified atom stereocenters. The fraction of sp³-hybridized carbons (Fsp3) is 0.282. The standard InChI is InChI=1S/C39H47N11O6/c40-34(52)30(19-25-11-4-1-5-12-25)49-36(54)29(17-10-18-44-39(41)42)48-37(55)31(20-26-13-6-2-7-14-26)50-38(56)32(21-28-22-43-24-46-28)47-33(51)23-45-35(53)27-15-8-3-9-16-27/h1-9,11-16,22,24,29-32H,10,17-21,23H2,(H2,40,52)(H,43,46)(H,45,53)(H,47,51)(H,48,55)(H,49,54)(H,50,56)(H4,41,42,44)/t29-,30?,31+,32-/m0/s1. The third-order valence-electron chi connectivity index (χ3n) is 8.51. The van der Waals surface area contributed by atoms with Gasteiger partial charge in [-0.1, -0.05) is 78.9 Å². The van der Waals surface area contributed by atoms with E-state index in [0.717, 1.165) is 5.56 Å². The molecular formula is C39H47N11O6. The second kappa shape index (κ2) is 21.6. The number of amides is 6. The molecular weight excluding hydrogens is 718 g/mol. The zero-order chi connectivity index (χ0) is 40.3. The minimum absolute atomic E-state index is 0.0104. The molecule has 1 heterocycles. The molecule has 0 aliphatic heterocycles. The minimum Gasteiger partial charge on any atom is -0.370 e. The molecule has 0 radical (unpaired) electrons. The van der Waals surface area contributed by atoms with E-state index in [-0.39, 0.29) is 44.6 Å². The summed E-state index contributed by atoms with van der Waals surface area (Å²) in [6, 6.07) is 21.4. The lowest BCUT2D eigenvalue weighted by Crippen LogP contribution is -2.59. The fourth-order valence-electron chi connectivity index (χ4n) is 5.64. The maximum absolute atomic E-state index is 14.1. The molecule has 0 spiro atoms. The molecule has 0 saturated carbocycles. The zero-order valence-corrected chi connectivity index (χ0v) is 30.7. The van der Waals surface area contributed by atoms with Gasteiger partial charge in [-0.3, -0.25) is 33.8 Å². The van der Waals surface area contributed by atoms with Gasteiger partial charge in [-0.05, 0) is 36.1 Å². The highest BCUT2D eigenvalue weighted by molar-refractivity contribution is 5.98. The number of benzene rings is 3. The van der Waals surface area contributed by atoms with Gasteiger partial charge >= 0.3 is 0 Å². The van der Waals surface area contributed by atoms with Crippen LogP contribution in [0.4, 0.5) is 0 Å². The number of nitrogens with one attached hydrogen (secondary N) is 6. The number of nitrogens with zero attached hydrogens (tertiary/aromatic N) is 2. The highest BCUT2D eigenvalue weighted by Crippen LogP contribution is 2.09. The van der Waals surface area contributed by atoms with Crippen molar-refractivity contribution in [2.75, 3.05) is 13.1 Å². The number of carbonyl (C=O) groups excluding carboxylic acids is 6. The SMILES string of the molecule is NC(=O)C(Cc1ccccc1)NC(=O)[C@H](CCCN=C(N)N)NC(=O)[C@@H](Cc1ccccc1)NC(=O)[C@H](Cc1cnc[nH]1)NC(=O)CNC(=O)c1ccccc1. The van der Waals surface area contributed by atoms with Crippen LogP contribution in [0.5, 0.6) is 0 Å². The summed E-state index contributed by atoms with van der Waals surface area (Å²) in [5, 5.41) is 13.3. The quantitative estimate of drug-likeness (QED) is 0.0296. The van der Waals surface area contributed by atoms with Gasteiger partial charge in [-0.2, -0.15) is 0 Å². The van der Waals surface area contributed by atoms with Crippen molar-refractivity contribution in [2.24, 2.45) is 22.2 Å². The van der Waals surface area contributed by atoms with Gasteiger partial charge in [0.2, 0.25) is 29.5 Å². The van der Waals surface area contributed by atoms with Gasteiger partial charge in [0.15, 0.2) is 5.96 Å². The largest absolute Gasteiger partial charge is 0.370 e. The van der Waals surface area contributed by atoms with Crippen molar-refractivity contribution in [3.63, 3.8) is 0 Å². The molecule has 17 heteroatoms. The van der Waals surface area contributed by atoms with E-state index in [0.29, 0.717) is 16.8 Å². The van der Waals surface area contributed by atoms with Gasteiger partial charge < -0.3 is 48.8 Å². The number of guanidine groups is 1. The van der Waals surface area contributed by atoms with Crippen molar-refractivity contribution in [1.29, 1.82) is 0 Å². The number of aromatic nitrogens is 2. The van der Waals surface area contributed by atoms with Gasteiger partial charge in [0.25, 0.3) is 5.91 Å². The monoisotopic (exact) mass is 765 g/mol. The van der Waals surface area contributed by atoms with E-state index in [1.807, 2.05) is 6.07 Å². The molecule has 17 nitrogen and oxygen atoms in total. The van der Waals surface area contributed by atoms with E-state index in [4.69, 9.17) is 17.2 Å². The van der Waals surface area contributed by atoms with Crippen molar-refractivity contribution in [3.8, 4) is 0 Å². The van der Waals surface area contributed by atoms with Crippen molar-refractivity contribution < 1.29 is 28.8 Å². The molecule has 0 aliphatic carbocycles. The lowest BCUT2D eigenvalue weighted by Gasteiger charge is -2.26. The van der Waals surface area contributed by atoms with E-state index >= 15 is 0 Å². The third-order valence-corrected chi connectivity index (χ3v) is 8.51. The highest BCUT2D eigenvalue weighted by atomic mass is 16.2. The molecule has 0 saturated heterocycles. The first-order chi connectivity index (χ1) is 27.0. The number of nitrogens with two attached hydrogens (primary N) is 3. The average molecular weight is 766 g/mol. The van der Waals surface area contributed by atoms with E-state index in [1.165, 1.54) is 12.5 Å². The Hall–Kier alpha value is -7.04. The van der Waals surface area contributed by atoms with Gasteiger partial charge in [0.1, 0.15) is 24.2 Å². The maximum Gasteiger partial charge on any atom is 0.251 e. The Morgan fingerprint density at radius 2 is 1.16 bits per heavy atom. The third kappa shape index (κ3) is 14.1. The van der Waals surface area contributed by atoms with Crippen LogP contribution >= 0.6 is 0 Å². The van der Waals surface area contributed by atoms with Crippen LogP contribution in [0.15, 0.2) is 109 Å². The molecule has 3 aromatic carbocycles. The molecule has 4 atom stereocenters. The van der Waals surface area contributed by atoms with Crippen molar-refractivity contribution in [1.82, 2.24) is 36.6 Å². The summed E-state index contributed by atoms with van der Waals surface area (Å²) in [4.78, 5) is 90.7. The van der Waals surface area contributed by atoms with Crippen LogP contribution < -0.4 is 43.8 Å². The number of carbonyl (C=O) groups is 6. The smallest absolute Gasteiger partial charge is 0.251 e. The Balaban J connectivity index is 1.53. The number of H-pyrrole nitrogens is 1. The van der Waals surface area contributed by atoms with E-state index < -0.39 is 66.2 Å². The maximum atomic E-state index is 14.1. The number of aliphatic imine (C=N–C) groups is 1. The molecule has 0 bridgehead atoms. The van der Waals surface area contributed by atoms with Crippen molar-refractivity contribution in [2.45, 2.75) is 56.3 Å². The normalized spacial score (nSPS) is 12.8. The Kier molecular flexibility index (Phi) is 16.1. The van der Waals surface area contributed by atoms with Crippen LogP contribution in [0, 0.1) is 0 Å².